The van der Waals surface area contributed by atoms with Crippen molar-refractivity contribution in [2.24, 2.45) is 0 Å². The van der Waals surface area contributed by atoms with E-state index in [4.69, 9.17) is 4.74 Å². The van der Waals surface area contributed by atoms with Crippen molar-refractivity contribution in [3.05, 3.63) is 29.8 Å². The summed E-state index contributed by atoms with van der Waals surface area (Å²) in [5.41, 5.74) is 0.974. The number of benzene rings is 1. The van der Waals surface area contributed by atoms with E-state index in [1.807, 2.05) is 39.0 Å². The molecule has 1 aliphatic rings. The van der Waals surface area contributed by atoms with Crippen molar-refractivity contribution in [3.8, 4) is 5.75 Å². The van der Waals surface area contributed by atoms with Gasteiger partial charge in [-0.1, -0.05) is 18.2 Å². The highest BCUT2D eigenvalue weighted by Gasteiger charge is 2.22. The number of hydrogen-bond acceptors (Lipinski definition) is 2. The Morgan fingerprint density at radius 3 is 2.84 bits per heavy atom. The maximum atomic E-state index is 11.8. The molecule has 4 heteroatoms. The zero-order valence-electron chi connectivity index (χ0n) is 11.8. The first-order valence-corrected chi connectivity index (χ1v) is 6.73. The van der Waals surface area contributed by atoms with E-state index in [0.29, 0.717) is 19.1 Å². The SMILES string of the molecule is CC(C)(C)NC(=O)NCC1CCOc2ccccc21. The van der Waals surface area contributed by atoms with E-state index in [2.05, 4.69) is 16.7 Å². The fourth-order valence-electron chi connectivity index (χ4n) is 2.23. The second kappa shape index (κ2) is 5.51. The maximum Gasteiger partial charge on any atom is 0.315 e. The molecule has 1 aromatic carbocycles. The van der Waals surface area contributed by atoms with E-state index in [1.54, 1.807) is 0 Å². The largest absolute Gasteiger partial charge is 0.493 e. The normalized spacial score (nSPS) is 18.2. The van der Waals surface area contributed by atoms with E-state index < -0.39 is 0 Å². The summed E-state index contributed by atoms with van der Waals surface area (Å²) in [4.78, 5) is 11.8. The molecule has 1 atom stereocenters. The van der Waals surface area contributed by atoms with Gasteiger partial charge in [0.15, 0.2) is 0 Å². The van der Waals surface area contributed by atoms with Crippen molar-refractivity contribution in [1.29, 1.82) is 0 Å². The first kappa shape index (κ1) is 13.7. The molecule has 104 valence electrons. The Hall–Kier alpha value is -1.71. The summed E-state index contributed by atoms with van der Waals surface area (Å²) >= 11 is 0. The summed E-state index contributed by atoms with van der Waals surface area (Å²) in [6, 6.07) is 7.92. The summed E-state index contributed by atoms with van der Waals surface area (Å²) in [6.45, 7) is 7.26. The Morgan fingerprint density at radius 2 is 2.11 bits per heavy atom. The van der Waals surface area contributed by atoms with E-state index in [1.165, 1.54) is 5.56 Å². The topological polar surface area (TPSA) is 50.4 Å². The summed E-state index contributed by atoms with van der Waals surface area (Å²) < 4.78 is 5.61. The van der Waals surface area contributed by atoms with Crippen LogP contribution in [-0.2, 0) is 0 Å². The van der Waals surface area contributed by atoms with Crippen LogP contribution in [0.4, 0.5) is 4.79 Å². The van der Waals surface area contributed by atoms with Crippen molar-refractivity contribution < 1.29 is 9.53 Å². The van der Waals surface area contributed by atoms with E-state index in [-0.39, 0.29) is 11.6 Å². The first-order chi connectivity index (χ1) is 8.96. The minimum absolute atomic E-state index is 0.114. The Bertz CT molecular complexity index is 452. The average Bonchev–Trinajstić information content (AvgIpc) is 2.34. The standard InChI is InChI=1S/C15H22N2O2/c1-15(2,3)17-14(18)16-10-11-8-9-19-13-7-5-4-6-12(11)13/h4-7,11H,8-10H2,1-3H3,(H2,16,17,18). The Balaban J connectivity index is 1.93. The predicted molar refractivity (Wildman–Crippen MR) is 75.6 cm³/mol. The van der Waals surface area contributed by atoms with Gasteiger partial charge >= 0.3 is 6.03 Å². The summed E-state index contributed by atoms with van der Waals surface area (Å²) in [7, 11) is 0. The molecule has 19 heavy (non-hydrogen) atoms. The molecule has 1 unspecified atom stereocenters. The monoisotopic (exact) mass is 262 g/mol. The van der Waals surface area contributed by atoms with E-state index in [0.717, 1.165) is 12.2 Å². The van der Waals surface area contributed by atoms with Crippen molar-refractivity contribution in [2.45, 2.75) is 38.6 Å². The van der Waals surface area contributed by atoms with Gasteiger partial charge in [-0.25, -0.2) is 4.79 Å². The lowest BCUT2D eigenvalue weighted by molar-refractivity contribution is 0.227. The molecular weight excluding hydrogens is 240 g/mol. The fourth-order valence-corrected chi connectivity index (χ4v) is 2.23. The molecule has 0 aromatic heterocycles. The maximum absolute atomic E-state index is 11.8. The molecule has 0 radical (unpaired) electrons. The van der Waals surface area contributed by atoms with Gasteiger partial charge in [-0.05, 0) is 38.8 Å². The Kier molecular flexibility index (Phi) is 3.98. The number of amides is 2. The predicted octanol–water partition coefficient (Wildman–Crippen LogP) is 2.65. The molecule has 0 spiro atoms. The molecule has 0 saturated heterocycles. The van der Waals surface area contributed by atoms with Crippen LogP contribution >= 0.6 is 0 Å². The molecule has 2 N–H and O–H groups in total. The van der Waals surface area contributed by atoms with E-state index in [9.17, 15) is 4.79 Å². The average molecular weight is 262 g/mol. The zero-order valence-corrected chi connectivity index (χ0v) is 11.8. The molecule has 0 saturated carbocycles. The van der Waals surface area contributed by atoms with Gasteiger partial charge in [0, 0.05) is 18.0 Å². The highest BCUT2D eigenvalue weighted by Crippen LogP contribution is 2.32. The van der Waals surface area contributed by atoms with Gasteiger partial charge in [-0.2, -0.15) is 0 Å². The van der Waals surface area contributed by atoms with Gasteiger partial charge in [0.2, 0.25) is 0 Å². The highest BCUT2D eigenvalue weighted by atomic mass is 16.5. The third-order valence-electron chi connectivity index (χ3n) is 3.08. The molecular formula is C15H22N2O2. The number of para-hydroxylation sites is 1. The van der Waals surface area contributed by atoms with Crippen molar-refractivity contribution in [3.63, 3.8) is 0 Å². The molecule has 2 rings (SSSR count). The minimum atomic E-state index is -0.211. The summed E-state index contributed by atoms with van der Waals surface area (Å²) in [6.07, 6.45) is 0.937. The quantitative estimate of drug-likeness (QED) is 0.861. The van der Waals surface area contributed by atoms with Crippen LogP contribution in [0.15, 0.2) is 24.3 Å². The van der Waals surface area contributed by atoms with Gasteiger partial charge < -0.3 is 15.4 Å². The van der Waals surface area contributed by atoms with Gasteiger partial charge in [-0.15, -0.1) is 0 Å². The first-order valence-electron chi connectivity index (χ1n) is 6.73. The van der Waals surface area contributed by atoms with Crippen LogP contribution in [0.25, 0.3) is 0 Å². The Labute approximate surface area is 114 Å². The lowest BCUT2D eigenvalue weighted by Crippen LogP contribution is -2.47. The van der Waals surface area contributed by atoms with E-state index >= 15 is 0 Å². The molecule has 1 heterocycles. The number of rotatable bonds is 2. The van der Waals surface area contributed by atoms with Crippen LogP contribution in [0.3, 0.4) is 0 Å². The van der Waals surface area contributed by atoms with Crippen LogP contribution in [-0.4, -0.2) is 24.7 Å². The number of hydrogen-bond donors (Lipinski definition) is 2. The molecule has 0 bridgehead atoms. The van der Waals surface area contributed by atoms with Gasteiger partial charge in [0.25, 0.3) is 0 Å². The molecule has 2 amide bonds. The van der Waals surface area contributed by atoms with Crippen LogP contribution in [0.5, 0.6) is 5.75 Å². The number of carbonyl (C=O) groups is 1. The number of ether oxygens (including phenoxy) is 1. The molecule has 0 fully saturated rings. The number of urea groups is 1. The van der Waals surface area contributed by atoms with Crippen LogP contribution in [0.1, 0.15) is 38.7 Å². The lowest BCUT2D eigenvalue weighted by atomic mass is 9.93. The highest BCUT2D eigenvalue weighted by molar-refractivity contribution is 5.74. The second-order valence-corrected chi connectivity index (χ2v) is 5.96. The van der Waals surface area contributed by atoms with Crippen LogP contribution < -0.4 is 15.4 Å². The van der Waals surface area contributed by atoms with Crippen molar-refractivity contribution in [2.75, 3.05) is 13.2 Å². The number of nitrogens with one attached hydrogen (secondary N) is 2. The molecule has 0 aliphatic carbocycles. The van der Waals surface area contributed by atoms with Crippen LogP contribution in [0.2, 0.25) is 0 Å². The summed E-state index contributed by atoms with van der Waals surface area (Å²) in [5.74, 6) is 1.27. The molecule has 1 aromatic rings. The van der Waals surface area contributed by atoms with Gasteiger partial charge in [0.05, 0.1) is 6.61 Å². The number of fused-ring (bicyclic) bond motifs is 1. The van der Waals surface area contributed by atoms with Gasteiger partial charge in [0.1, 0.15) is 5.75 Å². The lowest BCUT2D eigenvalue weighted by Gasteiger charge is -2.27. The smallest absolute Gasteiger partial charge is 0.315 e. The van der Waals surface area contributed by atoms with Crippen LogP contribution in [0, 0.1) is 0 Å². The van der Waals surface area contributed by atoms with Crippen molar-refractivity contribution in [1.82, 2.24) is 10.6 Å². The minimum Gasteiger partial charge on any atom is -0.493 e. The Morgan fingerprint density at radius 1 is 1.37 bits per heavy atom. The fraction of sp³-hybridized carbons (Fsp3) is 0.533. The second-order valence-electron chi connectivity index (χ2n) is 5.96. The molecule has 1 aliphatic heterocycles. The zero-order chi connectivity index (χ0) is 13.9. The molecule has 4 nitrogen and oxygen atoms in total. The third kappa shape index (κ3) is 3.88. The number of carbonyl (C=O) groups excluding carboxylic acids is 1. The third-order valence-corrected chi connectivity index (χ3v) is 3.08. The van der Waals surface area contributed by atoms with Gasteiger partial charge in [-0.3, -0.25) is 0 Å². The van der Waals surface area contributed by atoms with Crippen molar-refractivity contribution >= 4 is 6.03 Å². The summed E-state index contributed by atoms with van der Waals surface area (Å²) in [5, 5.41) is 5.85.